The molecule has 0 saturated heterocycles. The topological polar surface area (TPSA) is 52.6 Å². The lowest BCUT2D eigenvalue weighted by molar-refractivity contribution is -0.120. The van der Waals surface area contributed by atoms with Crippen molar-refractivity contribution in [3.63, 3.8) is 0 Å². The van der Waals surface area contributed by atoms with Crippen LogP contribution in [-0.2, 0) is 4.79 Å². The zero-order valence-electron chi connectivity index (χ0n) is 11.8. The number of benzene rings is 1. The predicted molar refractivity (Wildman–Crippen MR) is 73.6 cm³/mol. The predicted octanol–water partition coefficient (Wildman–Crippen LogP) is 1.84. The summed E-state index contributed by atoms with van der Waals surface area (Å²) < 4.78 is 13.2. The molecule has 0 saturated carbocycles. The minimum Gasteiger partial charge on any atom is -0.389 e. The number of carbonyl (C=O) groups excluding carboxylic acids is 1. The highest BCUT2D eigenvalue weighted by Crippen LogP contribution is 2.26. The van der Waals surface area contributed by atoms with Crippen molar-refractivity contribution in [2.45, 2.75) is 32.9 Å². The molecule has 1 aromatic rings. The van der Waals surface area contributed by atoms with Gasteiger partial charge >= 0.3 is 0 Å². The summed E-state index contributed by atoms with van der Waals surface area (Å²) >= 11 is 0. The summed E-state index contributed by atoms with van der Waals surface area (Å²) in [4.78, 5) is 13.4. The molecule has 0 radical (unpaired) electrons. The maximum Gasteiger partial charge on any atom is 0.239 e. The molecule has 0 aliphatic carbocycles. The molecule has 2 N–H and O–H groups in total. The van der Waals surface area contributed by atoms with Gasteiger partial charge in [0.2, 0.25) is 5.91 Å². The van der Waals surface area contributed by atoms with Crippen LogP contribution < -0.4 is 10.2 Å². The highest BCUT2D eigenvalue weighted by atomic mass is 19.1. The first-order valence-corrected chi connectivity index (χ1v) is 6.29. The van der Waals surface area contributed by atoms with Gasteiger partial charge in [0.25, 0.3) is 0 Å². The molecule has 0 unspecified atom stereocenters. The fraction of sp³-hybridized carbons (Fsp3) is 0.500. The number of nitrogens with zero attached hydrogens (tertiary/aromatic N) is 1. The van der Waals surface area contributed by atoms with E-state index >= 15 is 0 Å². The Morgan fingerprint density at radius 3 is 2.58 bits per heavy atom. The Morgan fingerprint density at radius 2 is 2.05 bits per heavy atom. The molecule has 0 aliphatic heterocycles. The Balaban J connectivity index is 2.87. The number of likely N-dealkylation sites (N-methyl/N-ethyl adjacent to an activating group) is 1. The largest absolute Gasteiger partial charge is 0.389 e. The van der Waals surface area contributed by atoms with E-state index in [4.69, 9.17) is 0 Å². The maximum atomic E-state index is 13.2. The van der Waals surface area contributed by atoms with E-state index in [-0.39, 0.29) is 18.5 Å². The lowest BCUT2D eigenvalue weighted by atomic mass is 10.1. The van der Waals surface area contributed by atoms with E-state index in [0.717, 1.165) is 0 Å². The van der Waals surface area contributed by atoms with Crippen molar-refractivity contribution in [3.8, 4) is 0 Å². The van der Waals surface area contributed by atoms with Gasteiger partial charge < -0.3 is 15.3 Å². The second kappa shape index (κ2) is 6.52. The Kier molecular flexibility index (Phi) is 5.30. The van der Waals surface area contributed by atoms with Crippen LogP contribution in [0.4, 0.5) is 10.1 Å². The number of nitrogens with one attached hydrogen (secondary N) is 1. The fourth-order valence-electron chi connectivity index (χ4n) is 1.88. The number of halogens is 1. The molecule has 1 amide bonds. The molecular formula is C14H21FN2O2. The highest BCUT2D eigenvalue weighted by Gasteiger charge is 2.15. The number of aliphatic hydroxyl groups is 1. The third kappa shape index (κ3) is 4.52. The summed E-state index contributed by atoms with van der Waals surface area (Å²) in [5, 5.41) is 12.4. The average molecular weight is 268 g/mol. The first-order chi connectivity index (χ1) is 8.81. The van der Waals surface area contributed by atoms with E-state index < -0.39 is 11.9 Å². The number of rotatable bonds is 5. The van der Waals surface area contributed by atoms with Crippen molar-refractivity contribution >= 4 is 11.6 Å². The van der Waals surface area contributed by atoms with Crippen molar-refractivity contribution < 1.29 is 14.3 Å². The van der Waals surface area contributed by atoms with E-state index in [2.05, 4.69) is 5.32 Å². The van der Waals surface area contributed by atoms with Crippen molar-refractivity contribution in [1.29, 1.82) is 0 Å². The Labute approximate surface area is 113 Å². The van der Waals surface area contributed by atoms with Crippen LogP contribution in [0.2, 0.25) is 0 Å². The minimum atomic E-state index is -0.790. The first kappa shape index (κ1) is 15.4. The molecule has 19 heavy (non-hydrogen) atoms. The van der Waals surface area contributed by atoms with E-state index in [0.29, 0.717) is 11.3 Å². The van der Waals surface area contributed by atoms with Gasteiger partial charge in [-0.3, -0.25) is 4.79 Å². The van der Waals surface area contributed by atoms with Crippen LogP contribution in [-0.4, -0.2) is 30.6 Å². The van der Waals surface area contributed by atoms with Gasteiger partial charge in [-0.25, -0.2) is 4.39 Å². The van der Waals surface area contributed by atoms with E-state index in [9.17, 15) is 14.3 Å². The van der Waals surface area contributed by atoms with Gasteiger partial charge in [0, 0.05) is 24.3 Å². The number of anilines is 1. The molecule has 0 aliphatic rings. The number of hydrogen-bond acceptors (Lipinski definition) is 3. The van der Waals surface area contributed by atoms with Crippen LogP contribution in [0.25, 0.3) is 0 Å². The van der Waals surface area contributed by atoms with Crippen LogP contribution in [0.5, 0.6) is 0 Å². The van der Waals surface area contributed by atoms with E-state index in [1.807, 2.05) is 13.8 Å². The summed E-state index contributed by atoms with van der Waals surface area (Å²) in [6.45, 7) is 5.50. The molecule has 0 heterocycles. The molecule has 0 aromatic heterocycles. The molecule has 0 bridgehead atoms. The van der Waals surface area contributed by atoms with Gasteiger partial charge in [-0.15, -0.1) is 0 Å². The number of hydrogen-bond donors (Lipinski definition) is 2. The van der Waals surface area contributed by atoms with Gasteiger partial charge in [0.05, 0.1) is 12.6 Å². The standard InChI is InChI=1S/C14H21FN2O2/c1-9(2)16-14(19)8-17(4)13-6-5-11(15)7-12(13)10(3)18/h5-7,9-10,18H,8H2,1-4H3,(H,16,19)/t10-/m1/s1. The Hall–Kier alpha value is -1.62. The van der Waals surface area contributed by atoms with Crippen molar-refractivity contribution in [2.24, 2.45) is 0 Å². The smallest absolute Gasteiger partial charge is 0.239 e. The molecule has 0 spiro atoms. The van der Waals surface area contributed by atoms with Gasteiger partial charge in [-0.2, -0.15) is 0 Å². The highest BCUT2D eigenvalue weighted by molar-refractivity contribution is 5.81. The molecule has 1 aromatic carbocycles. The van der Waals surface area contributed by atoms with Crippen LogP contribution in [0, 0.1) is 5.82 Å². The zero-order chi connectivity index (χ0) is 14.6. The quantitative estimate of drug-likeness (QED) is 0.856. The first-order valence-electron chi connectivity index (χ1n) is 6.29. The SMILES string of the molecule is CC(C)NC(=O)CN(C)c1ccc(F)cc1[C@@H](C)O. The zero-order valence-corrected chi connectivity index (χ0v) is 11.8. The molecule has 106 valence electrons. The maximum absolute atomic E-state index is 13.2. The second-order valence-electron chi connectivity index (χ2n) is 4.96. The molecule has 5 heteroatoms. The van der Waals surface area contributed by atoms with Crippen LogP contribution in [0.15, 0.2) is 18.2 Å². The van der Waals surface area contributed by atoms with E-state index in [1.54, 1.807) is 24.9 Å². The minimum absolute atomic E-state index is 0.0744. The van der Waals surface area contributed by atoms with E-state index in [1.165, 1.54) is 12.1 Å². The number of aliphatic hydroxyl groups excluding tert-OH is 1. The number of carbonyl (C=O) groups is 1. The average Bonchev–Trinajstić information content (AvgIpc) is 2.27. The van der Waals surface area contributed by atoms with Crippen LogP contribution in [0.3, 0.4) is 0 Å². The third-order valence-electron chi connectivity index (χ3n) is 2.68. The normalized spacial score (nSPS) is 12.4. The lowest BCUT2D eigenvalue weighted by Gasteiger charge is -2.23. The summed E-state index contributed by atoms with van der Waals surface area (Å²) in [5.41, 5.74) is 1.12. The molecule has 1 atom stereocenters. The van der Waals surface area contributed by atoms with Crippen molar-refractivity contribution in [3.05, 3.63) is 29.6 Å². The van der Waals surface area contributed by atoms with Crippen LogP contribution in [0.1, 0.15) is 32.4 Å². The van der Waals surface area contributed by atoms with Gasteiger partial charge in [0.1, 0.15) is 5.82 Å². The van der Waals surface area contributed by atoms with Crippen LogP contribution >= 0.6 is 0 Å². The number of amides is 1. The Morgan fingerprint density at radius 1 is 1.42 bits per heavy atom. The molecular weight excluding hydrogens is 247 g/mol. The summed E-state index contributed by atoms with van der Waals surface area (Å²) in [6, 6.07) is 4.25. The summed E-state index contributed by atoms with van der Waals surface area (Å²) in [5.74, 6) is -0.516. The fourth-order valence-corrected chi connectivity index (χ4v) is 1.88. The molecule has 4 nitrogen and oxygen atoms in total. The summed E-state index contributed by atoms with van der Waals surface area (Å²) in [6.07, 6.45) is -0.790. The van der Waals surface area contributed by atoms with Gasteiger partial charge in [-0.1, -0.05) is 0 Å². The molecule has 1 rings (SSSR count). The monoisotopic (exact) mass is 268 g/mol. The third-order valence-corrected chi connectivity index (χ3v) is 2.68. The van der Waals surface area contributed by atoms with Crippen molar-refractivity contribution in [2.75, 3.05) is 18.5 Å². The van der Waals surface area contributed by atoms with Crippen molar-refractivity contribution in [1.82, 2.24) is 5.32 Å². The summed E-state index contributed by atoms with van der Waals surface area (Å²) in [7, 11) is 1.74. The lowest BCUT2D eigenvalue weighted by Crippen LogP contribution is -2.38. The second-order valence-corrected chi connectivity index (χ2v) is 4.96. The molecule has 0 fully saturated rings. The Bertz CT molecular complexity index is 447. The van der Waals surface area contributed by atoms with Gasteiger partial charge in [-0.05, 0) is 39.0 Å². The van der Waals surface area contributed by atoms with Gasteiger partial charge in [0.15, 0.2) is 0 Å².